The van der Waals surface area contributed by atoms with Gasteiger partial charge in [-0.15, -0.1) is 0 Å². The summed E-state index contributed by atoms with van der Waals surface area (Å²) < 4.78 is 2.33. The molecule has 6 aromatic rings. The van der Waals surface area contributed by atoms with E-state index in [1.54, 1.807) is 0 Å². The van der Waals surface area contributed by atoms with Crippen LogP contribution in [0.4, 0.5) is 11.4 Å². The van der Waals surface area contributed by atoms with Crippen molar-refractivity contribution in [3.05, 3.63) is 168 Å². The van der Waals surface area contributed by atoms with Gasteiger partial charge in [0.1, 0.15) is 7.05 Å². The van der Waals surface area contributed by atoms with Crippen molar-refractivity contribution in [2.75, 3.05) is 26.0 Å². The first kappa shape index (κ1) is 26.1. The predicted octanol–water partition coefficient (Wildman–Crippen LogP) is 8.66. The molecule has 0 fully saturated rings. The van der Waals surface area contributed by atoms with E-state index < -0.39 is 0 Å². The predicted molar refractivity (Wildman–Crippen MR) is 174 cm³/mol. The Hall–Kier alpha value is -5.15. The number of fused-ring (bicyclic) bond motifs is 2. The maximum absolute atomic E-state index is 3.12. The number of hydrogen-bond donors (Lipinski definition) is 1. The molecule has 3 nitrogen and oxygen atoms in total. The molecule has 5 aromatic carbocycles. The van der Waals surface area contributed by atoms with Crippen molar-refractivity contribution in [3.8, 4) is 0 Å². The summed E-state index contributed by atoms with van der Waals surface area (Å²) in [5.41, 5.74) is 12.3. The SMILES string of the molecule is CN(C)c1ccc(C(=C2C(c3ccccc3)=[N+](C)c3ccccc32)c2ccccc2)cc1.c1ccc2[nH]ccc2c1. The minimum Gasteiger partial charge on any atom is -0.378 e. The number of anilines is 1. The van der Waals surface area contributed by atoms with Crippen LogP contribution < -0.4 is 4.90 Å². The van der Waals surface area contributed by atoms with Crippen molar-refractivity contribution in [2.45, 2.75) is 0 Å². The Morgan fingerprint density at radius 2 is 1.22 bits per heavy atom. The number of hydrogen-bond acceptors (Lipinski definition) is 1. The average Bonchev–Trinajstić information content (AvgIpc) is 3.62. The molecule has 0 amide bonds. The van der Waals surface area contributed by atoms with Crippen molar-refractivity contribution in [1.82, 2.24) is 4.98 Å². The lowest BCUT2D eigenvalue weighted by Gasteiger charge is -2.16. The molecule has 3 heteroatoms. The molecule has 0 radical (unpaired) electrons. The highest BCUT2D eigenvalue weighted by molar-refractivity contribution is 6.38. The van der Waals surface area contributed by atoms with E-state index in [2.05, 4.69) is 163 Å². The summed E-state index contributed by atoms with van der Waals surface area (Å²) >= 11 is 0. The maximum atomic E-state index is 3.12. The quantitative estimate of drug-likeness (QED) is 0.226. The molecule has 1 aliphatic heterocycles. The standard InChI is InChI=1S/C30H27N2.C8H7N/c1-31(2)25-20-18-23(19-21-25)28(22-12-6-4-7-13-22)29-26-16-10-11-17-27(26)32(3)30(29)24-14-8-5-9-15-24;1-2-4-8-7(3-1)5-6-9-8/h4-21H,1-3H3;1-6,9H/q+1;. The topological polar surface area (TPSA) is 22.0 Å². The summed E-state index contributed by atoms with van der Waals surface area (Å²) in [6.07, 6.45) is 1.95. The molecule has 7 rings (SSSR count). The van der Waals surface area contributed by atoms with E-state index in [4.69, 9.17) is 0 Å². The van der Waals surface area contributed by atoms with Gasteiger partial charge in [-0.2, -0.15) is 4.58 Å². The zero-order chi connectivity index (χ0) is 28.2. The number of benzene rings is 5. The van der Waals surface area contributed by atoms with Crippen LogP contribution in [0.5, 0.6) is 0 Å². The van der Waals surface area contributed by atoms with E-state index >= 15 is 0 Å². The second-order valence-corrected chi connectivity index (χ2v) is 10.4. The molecule has 0 aliphatic carbocycles. The number of rotatable bonds is 4. The van der Waals surface area contributed by atoms with Crippen LogP contribution in [0.25, 0.3) is 22.0 Å². The van der Waals surface area contributed by atoms with Gasteiger partial charge in [0.15, 0.2) is 0 Å². The Balaban J connectivity index is 0.000000283. The number of aromatic nitrogens is 1. The first-order chi connectivity index (χ1) is 20.1. The lowest BCUT2D eigenvalue weighted by molar-refractivity contribution is -0.400. The van der Waals surface area contributed by atoms with E-state index in [1.807, 2.05) is 18.3 Å². The van der Waals surface area contributed by atoms with Crippen molar-refractivity contribution in [2.24, 2.45) is 0 Å². The third-order valence-corrected chi connectivity index (χ3v) is 7.60. The van der Waals surface area contributed by atoms with Crippen molar-refractivity contribution in [3.63, 3.8) is 0 Å². The fourth-order valence-electron chi connectivity index (χ4n) is 5.56. The molecule has 1 aromatic heterocycles. The van der Waals surface area contributed by atoms with Gasteiger partial charge in [-0.25, -0.2) is 0 Å². The highest BCUT2D eigenvalue weighted by Crippen LogP contribution is 2.42. The van der Waals surface area contributed by atoms with E-state index in [1.165, 1.54) is 61.4 Å². The van der Waals surface area contributed by atoms with Crippen LogP contribution in [0, 0.1) is 0 Å². The molecule has 1 N–H and O–H groups in total. The van der Waals surface area contributed by atoms with Crippen LogP contribution in [0.2, 0.25) is 0 Å². The van der Waals surface area contributed by atoms with E-state index in [9.17, 15) is 0 Å². The van der Waals surface area contributed by atoms with Gasteiger partial charge in [-0.1, -0.05) is 91.0 Å². The fourth-order valence-corrected chi connectivity index (χ4v) is 5.56. The van der Waals surface area contributed by atoms with Crippen LogP contribution in [-0.4, -0.2) is 36.4 Å². The molecule has 200 valence electrons. The molecule has 1 aliphatic rings. The normalized spacial score (nSPS) is 13.4. The second-order valence-electron chi connectivity index (χ2n) is 10.4. The molecular weight excluding hydrogens is 498 g/mol. The summed E-state index contributed by atoms with van der Waals surface area (Å²) in [5.74, 6) is 0. The number of allylic oxidation sites excluding steroid dienone is 1. The largest absolute Gasteiger partial charge is 0.378 e. The molecule has 0 saturated heterocycles. The first-order valence-electron chi connectivity index (χ1n) is 14.0. The Bertz CT molecular complexity index is 1810. The van der Waals surface area contributed by atoms with Crippen molar-refractivity contribution < 1.29 is 4.58 Å². The highest BCUT2D eigenvalue weighted by atomic mass is 15.1. The van der Waals surface area contributed by atoms with Gasteiger partial charge in [0.2, 0.25) is 11.4 Å². The van der Waals surface area contributed by atoms with E-state index in [0.717, 1.165) is 0 Å². The Morgan fingerprint density at radius 1 is 0.610 bits per heavy atom. The zero-order valence-electron chi connectivity index (χ0n) is 23.8. The summed E-state index contributed by atoms with van der Waals surface area (Å²) in [5, 5.41) is 1.28. The van der Waals surface area contributed by atoms with Crippen LogP contribution >= 0.6 is 0 Å². The van der Waals surface area contributed by atoms with E-state index in [0.29, 0.717) is 0 Å². The number of para-hydroxylation sites is 2. The average molecular weight is 533 g/mol. The zero-order valence-corrected chi connectivity index (χ0v) is 23.8. The molecular formula is C38H34N3+. The van der Waals surface area contributed by atoms with Gasteiger partial charge in [0, 0.05) is 48.7 Å². The van der Waals surface area contributed by atoms with Gasteiger partial charge >= 0.3 is 0 Å². The summed E-state index contributed by atoms with van der Waals surface area (Å²) in [6.45, 7) is 0. The molecule has 0 bridgehead atoms. The van der Waals surface area contributed by atoms with Crippen molar-refractivity contribution in [1.29, 1.82) is 0 Å². The Kier molecular flexibility index (Phi) is 7.34. The molecule has 2 heterocycles. The number of nitrogens with one attached hydrogen (secondary N) is 1. The summed E-state index contributed by atoms with van der Waals surface area (Å²) in [4.78, 5) is 5.26. The third-order valence-electron chi connectivity index (χ3n) is 7.60. The van der Waals surface area contributed by atoms with Crippen LogP contribution in [-0.2, 0) is 0 Å². The van der Waals surface area contributed by atoms with Gasteiger partial charge in [-0.3, -0.25) is 0 Å². The molecule has 0 spiro atoms. The number of aromatic amines is 1. The minimum absolute atomic E-state index is 1.20. The number of nitrogens with zero attached hydrogens (tertiary/aromatic N) is 2. The van der Waals surface area contributed by atoms with E-state index in [-0.39, 0.29) is 0 Å². The highest BCUT2D eigenvalue weighted by Gasteiger charge is 2.36. The van der Waals surface area contributed by atoms with Gasteiger partial charge in [0.05, 0.1) is 11.1 Å². The van der Waals surface area contributed by atoms with Crippen LogP contribution in [0.15, 0.2) is 146 Å². The molecule has 0 unspecified atom stereocenters. The van der Waals surface area contributed by atoms with Gasteiger partial charge < -0.3 is 9.88 Å². The third kappa shape index (κ3) is 5.22. The lowest BCUT2D eigenvalue weighted by atomic mass is 9.86. The lowest BCUT2D eigenvalue weighted by Crippen LogP contribution is -2.12. The first-order valence-corrected chi connectivity index (χ1v) is 14.0. The van der Waals surface area contributed by atoms with Crippen LogP contribution in [0.3, 0.4) is 0 Å². The Labute approximate surface area is 242 Å². The minimum atomic E-state index is 1.20. The second kappa shape index (κ2) is 11.5. The number of H-pyrrole nitrogens is 1. The maximum Gasteiger partial charge on any atom is 0.221 e. The smallest absolute Gasteiger partial charge is 0.221 e. The van der Waals surface area contributed by atoms with Crippen molar-refractivity contribution >= 4 is 39.1 Å². The van der Waals surface area contributed by atoms with Gasteiger partial charge in [-0.05, 0) is 59.0 Å². The summed E-state index contributed by atoms with van der Waals surface area (Å²) in [7, 11) is 6.33. The molecule has 41 heavy (non-hydrogen) atoms. The fraction of sp³-hybridized carbons (Fsp3) is 0.0789. The summed E-state index contributed by atoms with van der Waals surface area (Å²) in [6, 6.07) is 49.4. The molecule has 0 saturated carbocycles. The Morgan fingerprint density at radius 3 is 1.93 bits per heavy atom. The van der Waals surface area contributed by atoms with Crippen LogP contribution in [0.1, 0.15) is 22.3 Å². The molecule has 0 atom stereocenters. The monoisotopic (exact) mass is 532 g/mol. The van der Waals surface area contributed by atoms with Gasteiger partial charge in [0.25, 0.3) is 0 Å².